The normalized spacial score (nSPS) is 11.3. The third kappa shape index (κ3) is 2.95. The maximum absolute atomic E-state index is 9.46. The van der Waals surface area contributed by atoms with E-state index >= 15 is 0 Å². The minimum absolute atomic E-state index is 0.0167. The van der Waals surface area contributed by atoms with Crippen molar-refractivity contribution in [1.82, 2.24) is 9.78 Å². The third-order valence-electron chi connectivity index (χ3n) is 4.22. The molecule has 2 aromatic heterocycles. The Kier molecular flexibility index (Phi) is 4.09. The number of fused-ring (bicyclic) bond motifs is 1. The fraction of sp³-hybridized carbons (Fsp3) is 0.150. The van der Waals surface area contributed by atoms with E-state index in [0.29, 0.717) is 18.1 Å². The molecule has 0 bridgehead atoms. The van der Waals surface area contributed by atoms with Gasteiger partial charge in [0.15, 0.2) is 5.76 Å². The fourth-order valence-electron chi connectivity index (χ4n) is 2.97. The second-order valence-corrected chi connectivity index (χ2v) is 5.93. The van der Waals surface area contributed by atoms with Gasteiger partial charge in [0.25, 0.3) is 0 Å². The monoisotopic (exact) mass is 334 g/mol. The first-order valence-electron chi connectivity index (χ1n) is 8.12. The van der Waals surface area contributed by atoms with Crippen molar-refractivity contribution in [2.45, 2.75) is 19.8 Å². The molecule has 5 heteroatoms. The SMILES string of the molecule is OCc1ccc2c(-c3ccc(CO)o3)nn(Cc3ccccc3)c2c1. The molecule has 0 saturated heterocycles. The lowest BCUT2D eigenvalue weighted by Gasteiger charge is -2.04. The Morgan fingerprint density at radius 2 is 1.72 bits per heavy atom. The lowest BCUT2D eigenvalue weighted by atomic mass is 10.1. The van der Waals surface area contributed by atoms with Crippen LogP contribution in [0.5, 0.6) is 0 Å². The van der Waals surface area contributed by atoms with Crippen LogP contribution in [-0.4, -0.2) is 20.0 Å². The molecule has 126 valence electrons. The van der Waals surface area contributed by atoms with Crippen LogP contribution in [0.2, 0.25) is 0 Å². The molecule has 0 aliphatic carbocycles. The van der Waals surface area contributed by atoms with Crippen molar-refractivity contribution in [3.63, 3.8) is 0 Å². The summed E-state index contributed by atoms with van der Waals surface area (Å²) in [7, 11) is 0. The van der Waals surface area contributed by atoms with E-state index in [0.717, 1.165) is 27.7 Å². The van der Waals surface area contributed by atoms with Crippen LogP contribution in [0.3, 0.4) is 0 Å². The highest BCUT2D eigenvalue weighted by Gasteiger charge is 2.16. The third-order valence-corrected chi connectivity index (χ3v) is 4.22. The van der Waals surface area contributed by atoms with Gasteiger partial charge in [-0.1, -0.05) is 42.5 Å². The minimum atomic E-state index is -0.142. The average molecular weight is 334 g/mol. The van der Waals surface area contributed by atoms with Crippen molar-refractivity contribution in [1.29, 1.82) is 0 Å². The molecular formula is C20H18N2O3. The fourth-order valence-corrected chi connectivity index (χ4v) is 2.97. The molecule has 0 unspecified atom stereocenters. The van der Waals surface area contributed by atoms with Crippen LogP contribution in [0.4, 0.5) is 0 Å². The number of aromatic nitrogens is 2. The van der Waals surface area contributed by atoms with E-state index in [1.54, 1.807) is 6.07 Å². The van der Waals surface area contributed by atoms with Gasteiger partial charge < -0.3 is 14.6 Å². The van der Waals surface area contributed by atoms with Crippen LogP contribution in [0.15, 0.2) is 65.1 Å². The van der Waals surface area contributed by atoms with Crippen molar-refractivity contribution in [3.8, 4) is 11.5 Å². The maximum atomic E-state index is 9.46. The van der Waals surface area contributed by atoms with Gasteiger partial charge in [0.1, 0.15) is 18.1 Å². The lowest BCUT2D eigenvalue weighted by Crippen LogP contribution is -2.01. The molecule has 0 radical (unpaired) electrons. The largest absolute Gasteiger partial charge is 0.457 e. The van der Waals surface area contributed by atoms with Gasteiger partial charge in [-0.05, 0) is 29.3 Å². The predicted molar refractivity (Wildman–Crippen MR) is 94.8 cm³/mol. The van der Waals surface area contributed by atoms with Crippen LogP contribution < -0.4 is 0 Å². The van der Waals surface area contributed by atoms with Crippen molar-refractivity contribution in [3.05, 3.63) is 77.6 Å². The summed E-state index contributed by atoms with van der Waals surface area (Å²) in [5.74, 6) is 1.13. The number of hydrogen-bond acceptors (Lipinski definition) is 4. The van der Waals surface area contributed by atoms with Crippen molar-refractivity contribution >= 4 is 10.9 Å². The molecule has 0 saturated carbocycles. The number of rotatable bonds is 5. The Bertz CT molecular complexity index is 1000. The Hall–Kier alpha value is -2.89. The lowest BCUT2D eigenvalue weighted by molar-refractivity contribution is 0.248. The maximum Gasteiger partial charge on any atom is 0.155 e. The zero-order chi connectivity index (χ0) is 17.2. The topological polar surface area (TPSA) is 71.4 Å². The van der Waals surface area contributed by atoms with Gasteiger partial charge in [0.2, 0.25) is 0 Å². The Balaban J connectivity index is 1.86. The Labute approximate surface area is 144 Å². The van der Waals surface area contributed by atoms with E-state index in [4.69, 9.17) is 9.52 Å². The van der Waals surface area contributed by atoms with Crippen molar-refractivity contribution in [2.75, 3.05) is 0 Å². The molecule has 0 atom stereocenters. The second-order valence-electron chi connectivity index (χ2n) is 5.93. The van der Waals surface area contributed by atoms with Gasteiger partial charge in [0.05, 0.1) is 18.7 Å². The number of benzene rings is 2. The van der Waals surface area contributed by atoms with Gasteiger partial charge >= 0.3 is 0 Å². The summed E-state index contributed by atoms with van der Waals surface area (Å²) in [6.45, 7) is 0.467. The van der Waals surface area contributed by atoms with Crippen LogP contribution in [0.25, 0.3) is 22.4 Å². The predicted octanol–water partition coefficient (Wildman–Crippen LogP) is 3.33. The molecule has 0 spiro atoms. The van der Waals surface area contributed by atoms with E-state index in [2.05, 4.69) is 12.1 Å². The summed E-state index contributed by atoms with van der Waals surface area (Å²) in [5.41, 5.74) is 3.65. The molecule has 4 rings (SSSR count). The highest BCUT2D eigenvalue weighted by atomic mass is 16.4. The first-order valence-corrected chi connectivity index (χ1v) is 8.12. The Morgan fingerprint density at radius 3 is 2.44 bits per heavy atom. The molecule has 25 heavy (non-hydrogen) atoms. The zero-order valence-electron chi connectivity index (χ0n) is 13.6. The number of aliphatic hydroxyl groups is 2. The van der Waals surface area contributed by atoms with Crippen molar-refractivity contribution < 1.29 is 14.6 Å². The minimum Gasteiger partial charge on any atom is -0.457 e. The summed E-state index contributed by atoms with van der Waals surface area (Å²) in [6, 6.07) is 19.5. The second kappa shape index (κ2) is 6.55. The van der Waals surface area contributed by atoms with Crippen LogP contribution in [0, 0.1) is 0 Å². The van der Waals surface area contributed by atoms with E-state index in [-0.39, 0.29) is 13.2 Å². The molecule has 5 nitrogen and oxygen atoms in total. The number of hydrogen-bond donors (Lipinski definition) is 2. The van der Waals surface area contributed by atoms with Gasteiger partial charge in [0, 0.05) is 5.39 Å². The molecule has 2 N–H and O–H groups in total. The molecule has 2 heterocycles. The molecule has 2 aromatic carbocycles. The van der Waals surface area contributed by atoms with Crippen LogP contribution in [-0.2, 0) is 19.8 Å². The number of furan rings is 1. The van der Waals surface area contributed by atoms with E-state index < -0.39 is 0 Å². The van der Waals surface area contributed by atoms with Gasteiger partial charge in [-0.15, -0.1) is 0 Å². The van der Waals surface area contributed by atoms with Crippen LogP contribution >= 0.6 is 0 Å². The summed E-state index contributed by atoms with van der Waals surface area (Å²) in [4.78, 5) is 0. The first kappa shape index (κ1) is 15.6. The summed E-state index contributed by atoms with van der Waals surface area (Å²) < 4.78 is 7.59. The molecule has 0 aliphatic heterocycles. The molecule has 4 aromatic rings. The van der Waals surface area contributed by atoms with Crippen molar-refractivity contribution in [2.24, 2.45) is 0 Å². The van der Waals surface area contributed by atoms with E-state index in [1.807, 2.05) is 47.1 Å². The van der Waals surface area contributed by atoms with Gasteiger partial charge in [-0.3, -0.25) is 4.68 Å². The first-order chi connectivity index (χ1) is 12.3. The summed E-state index contributed by atoms with van der Waals surface area (Å²) in [5, 5.41) is 24.4. The molecule has 0 fully saturated rings. The quantitative estimate of drug-likeness (QED) is 0.587. The summed E-state index contributed by atoms with van der Waals surface area (Å²) in [6.07, 6.45) is 0. The van der Waals surface area contributed by atoms with Crippen LogP contribution in [0.1, 0.15) is 16.9 Å². The van der Waals surface area contributed by atoms with E-state index in [1.165, 1.54) is 0 Å². The smallest absolute Gasteiger partial charge is 0.155 e. The van der Waals surface area contributed by atoms with E-state index in [9.17, 15) is 10.2 Å². The van der Waals surface area contributed by atoms with Gasteiger partial charge in [-0.2, -0.15) is 5.10 Å². The average Bonchev–Trinajstić information content (AvgIpc) is 3.27. The Morgan fingerprint density at radius 1 is 0.880 bits per heavy atom. The highest BCUT2D eigenvalue weighted by Crippen LogP contribution is 2.30. The molecule has 0 amide bonds. The standard InChI is InChI=1S/C20H18N2O3/c23-12-15-6-8-17-18(10-15)22(11-14-4-2-1-3-5-14)21-20(17)19-9-7-16(13-24)25-19/h1-10,23-24H,11-13H2. The molecular weight excluding hydrogens is 316 g/mol. The summed E-state index contributed by atoms with van der Waals surface area (Å²) >= 11 is 0. The molecule has 0 aliphatic rings. The zero-order valence-corrected chi connectivity index (χ0v) is 13.6. The number of aliphatic hydroxyl groups excluding tert-OH is 2. The van der Waals surface area contributed by atoms with Gasteiger partial charge in [-0.25, -0.2) is 0 Å². The highest BCUT2D eigenvalue weighted by molar-refractivity contribution is 5.92. The number of nitrogens with zero attached hydrogens (tertiary/aromatic N) is 2.